The smallest absolute Gasteiger partial charge is 0.452 e. The Balaban J connectivity index is 1.33. The minimum absolute atomic E-state index is 0.0265. The molecule has 0 aliphatic carbocycles. The highest BCUT2D eigenvalue weighted by atomic mass is 32.3. The summed E-state index contributed by atoms with van der Waals surface area (Å²) in [6, 6.07) is 8.19. The van der Waals surface area contributed by atoms with Gasteiger partial charge in [0.2, 0.25) is 11.7 Å². The largest absolute Gasteiger partial charge is 0.481 e. The van der Waals surface area contributed by atoms with Crippen LogP contribution in [0, 0.1) is 20.8 Å². The molecular formula is C39H50F3N7O6S. The lowest BCUT2D eigenvalue weighted by molar-refractivity contribution is -0.145. The lowest BCUT2D eigenvalue weighted by Gasteiger charge is -2.53. The van der Waals surface area contributed by atoms with Crippen molar-refractivity contribution in [2.45, 2.75) is 101 Å². The van der Waals surface area contributed by atoms with Gasteiger partial charge in [0.15, 0.2) is 5.65 Å². The molecule has 0 radical (unpaired) electrons. The number of nitrogens with one attached hydrogen (secondary N) is 1. The molecule has 3 aliphatic heterocycles. The summed E-state index contributed by atoms with van der Waals surface area (Å²) in [4.78, 5) is 19.3. The van der Waals surface area contributed by atoms with Crippen LogP contribution < -0.4 is 9.46 Å². The highest BCUT2D eigenvalue weighted by Crippen LogP contribution is 2.47. The zero-order chi connectivity index (χ0) is 40.1. The molecule has 304 valence electrons. The highest BCUT2D eigenvalue weighted by molar-refractivity contribution is 8.11. The van der Waals surface area contributed by atoms with Crippen LogP contribution in [-0.4, -0.2) is 99.7 Å². The van der Waals surface area contributed by atoms with Crippen molar-refractivity contribution >= 4 is 21.3 Å². The number of aryl methyl sites for hydroxylation is 3. The quantitative estimate of drug-likeness (QED) is 0.172. The molecule has 3 aliphatic rings. The molecule has 0 amide bonds. The standard InChI is InChI=1S/C39H50F3N7O6S/c1-25-18-33-36(43-21-25)55-38(11-16-54-17-12-38)24-48(56(33,52,53)46-27(3)22-47-13-6-5-7-14-47)23-30-19-29(9-8-26(30)2)32(20-34(50)51)31-10-15-49-35(28(31)4)44-45-37(49)39(40,41)42/h8-10,15,18-19,21,27,32H,5-7,11-14,16-17,20,22-24H2,1-4H3,(H,50,51)(H2,46,52,53)/t27-,32?/m1/s1. The van der Waals surface area contributed by atoms with Crippen molar-refractivity contribution in [3.8, 4) is 5.88 Å². The Morgan fingerprint density at radius 1 is 1.07 bits per heavy atom. The number of nitrogens with zero attached hydrogens (tertiary/aromatic N) is 6. The molecule has 17 heteroatoms. The van der Waals surface area contributed by atoms with Gasteiger partial charge in [-0.05, 0) is 99.1 Å². The van der Waals surface area contributed by atoms with Gasteiger partial charge < -0.3 is 19.5 Å². The number of hydrogen-bond acceptors (Lipinski definition) is 8. The summed E-state index contributed by atoms with van der Waals surface area (Å²) in [5, 5.41) is 17.3. The first kappa shape index (κ1) is 40.2. The lowest BCUT2D eigenvalue weighted by atomic mass is 9.85. The normalized spacial score (nSPS) is 21.7. The van der Waals surface area contributed by atoms with Crippen molar-refractivity contribution in [2.24, 2.45) is 0 Å². The van der Waals surface area contributed by atoms with E-state index in [0.717, 1.165) is 42.3 Å². The third-order valence-corrected chi connectivity index (χ3v) is 14.5. The molecule has 1 aromatic carbocycles. The monoisotopic (exact) mass is 801 g/mol. The number of pyridine rings is 2. The van der Waals surface area contributed by atoms with Gasteiger partial charge >= 0.3 is 12.1 Å². The molecule has 1 unspecified atom stereocenters. The molecule has 56 heavy (non-hydrogen) atoms. The van der Waals surface area contributed by atoms with Gasteiger partial charge in [0, 0.05) is 50.3 Å². The van der Waals surface area contributed by atoms with Crippen molar-refractivity contribution in [2.75, 3.05) is 39.4 Å². The number of aliphatic carboxylic acids is 1. The third kappa shape index (κ3) is 7.81. The minimum Gasteiger partial charge on any atom is -0.481 e. The van der Waals surface area contributed by atoms with Crippen LogP contribution in [0.4, 0.5) is 13.2 Å². The molecule has 1 spiro atoms. The first-order valence-corrected chi connectivity index (χ1v) is 21.0. The van der Waals surface area contributed by atoms with Crippen LogP contribution in [0.3, 0.4) is 0 Å². The molecule has 0 saturated carbocycles. The van der Waals surface area contributed by atoms with Crippen LogP contribution >= 0.6 is 0 Å². The van der Waals surface area contributed by atoms with Crippen molar-refractivity contribution in [3.63, 3.8) is 0 Å². The number of hydrogen-bond donors (Lipinski definition) is 3. The van der Waals surface area contributed by atoms with Gasteiger partial charge in [0.05, 0.1) is 26.2 Å². The molecule has 3 N–H and O–H groups in total. The van der Waals surface area contributed by atoms with E-state index in [-0.39, 0.29) is 35.9 Å². The van der Waals surface area contributed by atoms with Gasteiger partial charge in [-0.15, -0.1) is 10.2 Å². The summed E-state index contributed by atoms with van der Waals surface area (Å²) < 4.78 is 88.6. The van der Waals surface area contributed by atoms with Gasteiger partial charge in [-0.25, -0.2) is 9.71 Å². The maximum Gasteiger partial charge on any atom is 0.452 e. The molecule has 2 atom stereocenters. The molecule has 3 aromatic heterocycles. The summed E-state index contributed by atoms with van der Waals surface area (Å²) in [6.45, 7) is 10.4. The van der Waals surface area contributed by atoms with Crippen molar-refractivity contribution in [1.82, 2.24) is 33.5 Å². The van der Waals surface area contributed by atoms with E-state index in [9.17, 15) is 27.6 Å². The summed E-state index contributed by atoms with van der Waals surface area (Å²) in [7, 11) is -5.22. The van der Waals surface area contributed by atoms with Crippen LogP contribution in [0.15, 0.2) is 47.6 Å². The van der Waals surface area contributed by atoms with Crippen LogP contribution in [0.2, 0.25) is 0 Å². The summed E-state index contributed by atoms with van der Waals surface area (Å²) in [5.41, 5.74) is 2.65. The van der Waals surface area contributed by atoms with E-state index in [2.05, 4.69) is 24.8 Å². The van der Waals surface area contributed by atoms with E-state index in [1.807, 2.05) is 32.9 Å². The predicted octanol–water partition coefficient (Wildman–Crippen LogP) is 6.06. The number of likely N-dealkylation sites (tertiary alicyclic amines) is 1. The van der Waals surface area contributed by atoms with E-state index in [0.29, 0.717) is 60.4 Å². The van der Waals surface area contributed by atoms with Gasteiger partial charge in [-0.1, -0.05) is 34.3 Å². The fourth-order valence-electron chi connectivity index (χ4n) is 8.45. The second-order valence-corrected chi connectivity index (χ2v) is 18.6. The van der Waals surface area contributed by atoms with Crippen molar-refractivity contribution in [1.29, 1.82) is 0 Å². The Morgan fingerprint density at radius 2 is 1.80 bits per heavy atom. The average molecular weight is 802 g/mol. The molecule has 2 saturated heterocycles. The molecule has 13 nitrogen and oxygen atoms in total. The Labute approximate surface area is 324 Å². The second-order valence-electron chi connectivity index (χ2n) is 15.7. The number of piperidine rings is 1. The minimum atomic E-state index is -5.22. The summed E-state index contributed by atoms with van der Waals surface area (Å²) >= 11 is 0. The molecule has 0 bridgehead atoms. The van der Waals surface area contributed by atoms with E-state index in [1.54, 1.807) is 29.6 Å². The molecule has 6 heterocycles. The number of ether oxygens (including phenoxy) is 2. The summed E-state index contributed by atoms with van der Waals surface area (Å²) in [5.74, 6) is -2.98. The molecule has 4 aromatic rings. The van der Waals surface area contributed by atoms with Gasteiger partial charge in [0.25, 0.3) is 0 Å². The number of benzene rings is 1. The number of carboxylic acids is 1. The molecular weight excluding hydrogens is 752 g/mol. The Kier molecular flexibility index (Phi) is 10.8. The molecule has 2 fully saturated rings. The number of carboxylic acid groups (broad SMARTS) is 1. The van der Waals surface area contributed by atoms with Crippen LogP contribution in [0.5, 0.6) is 5.88 Å². The Hall–Kier alpha value is -4.00. The number of aromatic nitrogens is 4. The van der Waals surface area contributed by atoms with Gasteiger partial charge in [-0.2, -0.15) is 21.7 Å². The average Bonchev–Trinajstić information content (AvgIpc) is 3.57. The fourth-order valence-corrected chi connectivity index (χ4v) is 11.5. The number of fused-ring (bicyclic) bond motifs is 2. The first-order valence-electron chi connectivity index (χ1n) is 19.1. The highest BCUT2D eigenvalue weighted by Gasteiger charge is 2.51. The maximum atomic E-state index is 16.2. The van der Waals surface area contributed by atoms with Crippen LogP contribution in [0.25, 0.3) is 5.65 Å². The van der Waals surface area contributed by atoms with Gasteiger partial charge in [0.1, 0.15) is 10.5 Å². The number of halogens is 3. The van der Waals surface area contributed by atoms with Crippen molar-refractivity contribution in [3.05, 3.63) is 81.9 Å². The Bertz CT molecular complexity index is 2190. The first-order chi connectivity index (χ1) is 26.5. The lowest BCUT2D eigenvalue weighted by Crippen LogP contribution is -2.65. The number of alkyl halides is 3. The van der Waals surface area contributed by atoms with Crippen molar-refractivity contribution < 1.29 is 41.3 Å². The number of rotatable bonds is 10. The van der Waals surface area contributed by atoms with Crippen LogP contribution in [-0.2, 0) is 32.0 Å². The van der Waals surface area contributed by atoms with E-state index in [4.69, 9.17) is 9.47 Å². The summed E-state index contributed by atoms with van der Waals surface area (Å²) in [6.07, 6.45) is 1.97. The maximum absolute atomic E-state index is 16.2. The SMILES string of the molecule is Cc1cnc2c(c1)S(=O)(O)(N[C@H](C)CN1CCCCC1)N(Cc1cc(C(CC(=O)O)c3ccn4c(C(F)(F)F)nnc4c3C)ccc1C)CC1(CCOCC1)O2. The third-order valence-electron chi connectivity index (χ3n) is 11.4. The second kappa shape index (κ2) is 15.1. The zero-order valence-corrected chi connectivity index (χ0v) is 33.0. The van der Waals surface area contributed by atoms with Gasteiger partial charge in [-0.3, -0.25) is 13.7 Å². The van der Waals surface area contributed by atoms with E-state index >= 15 is 4.21 Å². The molecule has 7 rings (SSSR count). The topological polar surface area (TPSA) is 155 Å². The number of carbonyl (C=O) groups is 1. The van der Waals surface area contributed by atoms with E-state index < -0.39 is 45.2 Å². The van der Waals surface area contributed by atoms with E-state index in [1.165, 1.54) is 12.3 Å². The Morgan fingerprint density at radius 3 is 2.50 bits per heavy atom. The predicted molar refractivity (Wildman–Crippen MR) is 203 cm³/mol. The fraction of sp³-hybridized carbons (Fsp3) is 0.538. The van der Waals surface area contributed by atoms with Crippen LogP contribution in [0.1, 0.15) is 90.6 Å². The zero-order valence-electron chi connectivity index (χ0n) is 32.1.